The molecule has 0 atom stereocenters. The molecule has 2 aromatic carbocycles. The molecule has 6 heteroatoms. The summed E-state index contributed by atoms with van der Waals surface area (Å²) in [7, 11) is 0. The summed E-state index contributed by atoms with van der Waals surface area (Å²) in [4.78, 5) is 11.9. The Bertz CT molecular complexity index is 742. The highest BCUT2D eigenvalue weighted by Gasteiger charge is 2.05. The second-order valence-corrected chi connectivity index (χ2v) is 5.58. The lowest BCUT2D eigenvalue weighted by Gasteiger charge is -2.11. The molecule has 6 nitrogen and oxygen atoms in total. The molecule has 0 saturated carbocycles. The molecular formula is C20H25N3O3. The fourth-order valence-corrected chi connectivity index (χ4v) is 2.22. The predicted octanol–water partition coefficient (Wildman–Crippen LogP) is 3.35. The average Bonchev–Trinajstić information content (AvgIpc) is 2.64. The Hall–Kier alpha value is -3.02. The average molecular weight is 355 g/mol. The van der Waals surface area contributed by atoms with Crippen LogP contribution in [0, 0.1) is 6.92 Å². The maximum Gasteiger partial charge on any atom is 0.259 e. The number of carbonyl (C=O) groups excluding carboxylic acids is 1. The van der Waals surface area contributed by atoms with Gasteiger partial charge < -0.3 is 14.8 Å². The summed E-state index contributed by atoms with van der Waals surface area (Å²) in [5.74, 6) is 1.13. The van der Waals surface area contributed by atoms with Gasteiger partial charge in [0.15, 0.2) is 11.5 Å². The SMILES string of the molecule is CCOc1ccc(/C=N\NC(=O)CNc2ccc(C)cc2)cc1OCC. The van der Waals surface area contributed by atoms with E-state index in [-0.39, 0.29) is 12.5 Å². The summed E-state index contributed by atoms with van der Waals surface area (Å²) in [5, 5.41) is 7.03. The molecule has 0 aliphatic heterocycles. The van der Waals surface area contributed by atoms with Crippen LogP contribution in [0.1, 0.15) is 25.0 Å². The van der Waals surface area contributed by atoms with E-state index in [9.17, 15) is 4.79 Å². The van der Waals surface area contributed by atoms with Gasteiger partial charge in [-0.05, 0) is 56.7 Å². The van der Waals surface area contributed by atoms with Gasteiger partial charge in [0.1, 0.15) is 0 Å². The molecule has 0 radical (unpaired) electrons. The molecule has 0 heterocycles. The number of ether oxygens (including phenoxy) is 2. The van der Waals surface area contributed by atoms with Gasteiger partial charge >= 0.3 is 0 Å². The maximum atomic E-state index is 11.9. The quantitative estimate of drug-likeness (QED) is 0.534. The van der Waals surface area contributed by atoms with E-state index in [1.807, 2.05) is 63.2 Å². The number of carbonyl (C=O) groups is 1. The van der Waals surface area contributed by atoms with Crippen molar-refractivity contribution < 1.29 is 14.3 Å². The normalized spacial score (nSPS) is 10.6. The third-order valence-electron chi connectivity index (χ3n) is 3.47. The molecule has 2 rings (SSSR count). The third kappa shape index (κ3) is 6.12. The van der Waals surface area contributed by atoms with Crippen molar-refractivity contribution in [3.63, 3.8) is 0 Å². The number of rotatable bonds is 9. The minimum absolute atomic E-state index is 0.147. The van der Waals surface area contributed by atoms with E-state index >= 15 is 0 Å². The molecule has 0 aliphatic carbocycles. The number of aryl methyl sites for hydroxylation is 1. The van der Waals surface area contributed by atoms with E-state index in [0.29, 0.717) is 24.7 Å². The number of hydrogen-bond acceptors (Lipinski definition) is 5. The Balaban J connectivity index is 1.87. The van der Waals surface area contributed by atoms with Crippen LogP contribution in [-0.4, -0.2) is 31.9 Å². The second kappa shape index (κ2) is 10.1. The van der Waals surface area contributed by atoms with Crippen LogP contribution < -0.4 is 20.2 Å². The van der Waals surface area contributed by atoms with Gasteiger partial charge in [-0.15, -0.1) is 0 Å². The molecule has 1 amide bonds. The summed E-state index contributed by atoms with van der Waals surface area (Å²) < 4.78 is 11.1. The summed E-state index contributed by atoms with van der Waals surface area (Å²) in [6, 6.07) is 13.3. The number of nitrogens with one attached hydrogen (secondary N) is 2. The first-order valence-corrected chi connectivity index (χ1v) is 8.64. The van der Waals surface area contributed by atoms with Gasteiger partial charge in [0.2, 0.25) is 0 Å². The smallest absolute Gasteiger partial charge is 0.259 e. The number of amides is 1. The van der Waals surface area contributed by atoms with Crippen LogP contribution in [0.3, 0.4) is 0 Å². The van der Waals surface area contributed by atoms with Crippen LogP contribution in [0.15, 0.2) is 47.6 Å². The molecule has 0 spiro atoms. The Labute approximate surface area is 154 Å². The molecule has 0 fully saturated rings. The highest BCUT2D eigenvalue weighted by atomic mass is 16.5. The van der Waals surface area contributed by atoms with Crippen molar-refractivity contribution in [1.29, 1.82) is 0 Å². The molecule has 0 aromatic heterocycles. The predicted molar refractivity (Wildman–Crippen MR) is 104 cm³/mol. The summed E-state index contributed by atoms with van der Waals surface area (Å²) in [6.45, 7) is 7.11. The first-order chi connectivity index (χ1) is 12.6. The molecular weight excluding hydrogens is 330 g/mol. The van der Waals surface area contributed by atoms with Gasteiger partial charge in [-0.25, -0.2) is 5.43 Å². The molecule has 0 unspecified atom stereocenters. The number of hydrazone groups is 1. The first kappa shape index (κ1) is 19.3. The zero-order valence-corrected chi connectivity index (χ0v) is 15.4. The lowest BCUT2D eigenvalue weighted by Crippen LogP contribution is -2.25. The Kier molecular flexibility index (Phi) is 7.49. The summed E-state index contributed by atoms with van der Waals surface area (Å²) >= 11 is 0. The zero-order chi connectivity index (χ0) is 18.8. The van der Waals surface area contributed by atoms with Crippen molar-refractivity contribution in [2.24, 2.45) is 5.10 Å². The van der Waals surface area contributed by atoms with E-state index in [4.69, 9.17) is 9.47 Å². The number of anilines is 1. The lowest BCUT2D eigenvalue weighted by molar-refractivity contribution is -0.119. The number of hydrogen-bond donors (Lipinski definition) is 2. The summed E-state index contributed by atoms with van der Waals surface area (Å²) in [5.41, 5.74) is 5.37. The van der Waals surface area contributed by atoms with Crippen LogP contribution >= 0.6 is 0 Å². The lowest BCUT2D eigenvalue weighted by atomic mass is 10.2. The largest absolute Gasteiger partial charge is 0.490 e. The Morgan fingerprint density at radius 2 is 1.73 bits per heavy atom. The summed E-state index contributed by atoms with van der Waals surface area (Å²) in [6.07, 6.45) is 1.57. The maximum absolute atomic E-state index is 11.9. The van der Waals surface area contributed by atoms with Crippen molar-refractivity contribution in [2.45, 2.75) is 20.8 Å². The number of nitrogens with zero attached hydrogens (tertiary/aromatic N) is 1. The topological polar surface area (TPSA) is 72.0 Å². The van der Waals surface area contributed by atoms with Crippen molar-refractivity contribution in [1.82, 2.24) is 5.43 Å². The second-order valence-electron chi connectivity index (χ2n) is 5.58. The third-order valence-corrected chi connectivity index (χ3v) is 3.47. The highest BCUT2D eigenvalue weighted by Crippen LogP contribution is 2.27. The van der Waals surface area contributed by atoms with Crippen molar-refractivity contribution in [3.8, 4) is 11.5 Å². The van der Waals surface area contributed by atoms with Gasteiger partial charge in [-0.2, -0.15) is 5.10 Å². The van der Waals surface area contributed by atoms with Gasteiger partial charge in [-0.1, -0.05) is 17.7 Å². The monoisotopic (exact) mass is 355 g/mol. The van der Waals surface area contributed by atoms with Crippen LogP contribution in [0.4, 0.5) is 5.69 Å². The van der Waals surface area contributed by atoms with E-state index in [2.05, 4.69) is 15.8 Å². The van der Waals surface area contributed by atoms with E-state index < -0.39 is 0 Å². The van der Waals surface area contributed by atoms with Crippen molar-refractivity contribution >= 4 is 17.8 Å². The van der Waals surface area contributed by atoms with Gasteiger partial charge in [0.25, 0.3) is 5.91 Å². The Morgan fingerprint density at radius 3 is 2.42 bits per heavy atom. The minimum atomic E-state index is -0.224. The van der Waals surface area contributed by atoms with Gasteiger partial charge in [0.05, 0.1) is 26.0 Å². The van der Waals surface area contributed by atoms with Crippen LogP contribution in [-0.2, 0) is 4.79 Å². The number of benzene rings is 2. The van der Waals surface area contributed by atoms with E-state index in [1.54, 1.807) is 6.21 Å². The fraction of sp³-hybridized carbons (Fsp3) is 0.300. The van der Waals surface area contributed by atoms with Gasteiger partial charge in [0, 0.05) is 5.69 Å². The van der Waals surface area contributed by atoms with Crippen LogP contribution in [0.25, 0.3) is 0 Å². The van der Waals surface area contributed by atoms with E-state index in [1.165, 1.54) is 5.56 Å². The minimum Gasteiger partial charge on any atom is -0.490 e. The van der Waals surface area contributed by atoms with Crippen molar-refractivity contribution in [3.05, 3.63) is 53.6 Å². The van der Waals surface area contributed by atoms with Crippen LogP contribution in [0.2, 0.25) is 0 Å². The molecule has 2 N–H and O–H groups in total. The van der Waals surface area contributed by atoms with Crippen molar-refractivity contribution in [2.75, 3.05) is 25.1 Å². The zero-order valence-electron chi connectivity index (χ0n) is 15.4. The molecule has 0 bridgehead atoms. The van der Waals surface area contributed by atoms with E-state index in [0.717, 1.165) is 11.3 Å². The molecule has 138 valence electrons. The highest BCUT2D eigenvalue weighted by molar-refractivity contribution is 5.84. The first-order valence-electron chi connectivity index (χ1n) is 8.64. The molecule has 26 heavy (non-hydrogen) atoms. The Morgan fingerprint density at radius 1 is 1.04 bits per heavy atom. The molecule has 0 saturated heterocycles. The van der Waals surface area contributed by atoms with Gasteiger partial charge in [-0.3, -0.25) is 4.79 Å². The van der Waals surface area contributed by atoms with Crippen LogP contribution in [0.5, 0.6) is 11.5 Å². The fourth-order valence-electron chi connectivity index (χ4n) is 2.22. The molecule has 0 aliphatic rings. The standard InChI is InChI=1S/C20H25N3O3/c1-4-25-18-11-8-16(12-19(18)26-5-2)13-22-23-20(24)14-21-17-9-6-15(3)7-10-17/h6-13,21H,4-5,14H2,1-3H3,(H,23,24)/b22-13-. The molecule has 2 aromatic rings.